The molecule has 3 heteroatoms. The number of hydrogen-bond acceptors (Lipinski definition) is 2. The Morgan fingerprint density at radius 1 is 1.31 bits per heavy atom. The van der Waals surface area contributed by atoms with Gasteiger partial charge in [0.25, 0.3) is 0 Å². The van der Waals surface area contributed by atoms with Crippen molar-refractivity contribution in [2.45, 2.75) is 33.6 Å². The van der Waals surface area contributed by atoms with Gasteiger partial charge in [-0.2, -0.15) is 0 Å². The van der Waals surface area contributed by atoms with E-state index in [-0.39, 0.29) is 6.42 Å². The third kappa shape index (κ3) is 3.26. The van der Waals surface area contributed by atoms with Gasteiger partial charge >= 0.3 is 5.97 Å². The summed E-state index contributed by atoms with van der Waals surface area (Å²) in [6.07, 6.45) is 0.930. The second kappa shape index (κ2) is 5.54. The van der Waals surface area contributed by atoms with Crippen molar-refractivity contribution in [3.63, 3.8) is 0 Å². The normalized spacial score (nSPS) is 10.2. The maximum Gasteiger partial charge on any atom is 0.307 e. The van der Waals surface area contributed by atoms with Crippen LogP contribution in [0.1, 0.15) is 30.0 Å². The minimum absolute atomic E-state index is 0.0141. The van der Waals surface area contributed by atoms with Crippen molar-refractivity contribution in [3.05, 3.63) is 28.8 Å². The van der Waals surface area contributed by atoms with E-state index in [1.54, 1.807) is 0 Å². The summed E-state index contributed by atoms with van der Waals surface area (Å²) in [5.41, 5.74) is 2.98. The van der Waals surface area contributed by atoms with E-state index in [0.29, 0.717) is 12.4 Å². The van der Waals surface area contributed by atoms with Crippen LogP contribution in [0.3, 0.4) is 0 Å². The number of rotatable bonds is 5. The lowest BCUT2D eigenvalue weighted by atomic mass is 10.0. The number of aryl methyl sites for hydroxylation is 2. The summed E-state index contributed by atoms with van der Waals surface area (Å²) in [7, 11) is 0. The molecule has 0 amide bonds. The molecule has 16 heavy (non-hydrogen) atoms. The van der Waals surface area contributed by atoms with Crippen LogP contribution in [0.25, 0.3) is 0 Å². The highest BCUT2D eigenvalue weighted by atomic mass is 16.5. The van der Waals surface area contributed by atoms with Crippen molar-refractivity contribution in [1.29, 1.82) is 0 Å². The van der Waals surface area contributed by atoms with Gasteiger partial charge in [0, 0.05) is 5.56 Å². The molecule has 88 valence electrons. The molecule has 0 spiro atoms. The average Bonchev–Trinajstić information content (AvgIpc) is 2.20. The second-order valence-corrected chi connectivity index (χ2v) is 3.96. The summed E-state index contributed by atoms with van der Waals surface area (Å²) >= 11 is 0. The van der Waals surface area contributed by atoms with Crippen LogP contribution in [-0.2, 0) is 11.2 Å². The first-order valence-electron chi connectivity index (χ1n) is 5.49. The predicted octanol–water partition coefficient (Wildman–Crippen LogP) is 2.72. The molecule has 1 aromatic carbocycles. The lowest BCUT2D eigenvalue weighted by Gasteiger charge is -2.12. The van der Waals surface area contributed by atoms with E-state index in [1.807, 2.05) is 32.9 Å². The van der Waals surface area contributed by atoms with Crippen LogP contribution in [-0.4, -0.2) is 17.7 Å². The summed E-state index contributed by atoms with van der Waals surface area (Å²) in [6, 6.07) is 3.82. The number of benzene rings is 1. The SMILES string of the molecule is CCCOc1cc(C)c(C)cc1CC(=O)O. The van der Waals surface area contributed by atoms with Crippen LogP contribution in [0.4, 0.5) is 0 Å². The molecule has 0 aliphatic carbocycles. The molecule has 0 saturated carbocycles. The Hall–Kier alpha value is -1.51. The Kier molecular flexibility index (Phi) is 4.35. The van der Waals surface area contributed by atoms with Crippen LogP contribution in [0.5, 0.6) is 5.75 Å². The molecule has 0 aliphatic heterocycles. The van der Waals surface area contributed by atoms with Crippen LogP contribution in [0.15, 0.2) is 12.1 Å². The number of carboxylic acid groups (broad SMARTS) is 1. The molecule has 0 aromatic heterocycles. The second-order valence-electron chi connectivity index (χ2n) is 3.96. The first kappa shape index (κ1) is 12.6. The predicted molar refractivity (Wildman–Crippen MR) is 63.0 cm³/mol. The van der Waals surface area contributed by atoms with E-state index in [2.05, 4.69) is 0 Å². The topological polar surface area (TPSA) is 46.5 Å². The Morgan fingerprint density at radius 3 is 2.50 bits per heavy atom. The van der Waals surface area contributed by atoms with Gasteiger partial charge in [-0.05, 0) is 37.5 Å². The number of aliphatic carboxylic acids is 1. The van der Waals surface area contributed by atoms with Gasteiger partial charge in [0.15, 0.2) is 0 Å². The zero-order chi connectivity index (χ0) is 12.1. The standard InChI is InChI=1S/C13H18O3/c1-4-5-16-12-7-10(3)9(2)6-11(12)8-13(14)15/h6-7H,4-5,8H2,1-3H3,(H,14,15). The van der Waals surface area contributed by atoms with Crippen LogP contribution in [0.2, 0.25) is 0 Å². The van der Waals surface area contributed by atoms with Crippen molar-refractivity contribution in [2.75, 3.05) is 6.61 Å². The van der Waals surface area contributed by atoms with E-state index in [0.717, 1.165) is 23.1 Å². The molecule has 1 N–H and O–H groups in total. The highest BCUT2D eigenvalue weighted by Gasteiger charge is 2.10. The zero-order valence-corrected chi connectivity index (χ0v) is 10.0. The zero-order valence-electron chi connectivity index (χ0n) is 10.0. The Bertz CT molecular complexity index is 383. The van der Waals surface area contributed by atoms with Crippen molar-refractivity contribution in [3.8, 4) is 5.75 Å². The molecule has 1 rings (SSSR count). The maximum absolute atomic E-state index is 10.7. The highest BCUT2D eigenvalue weighted by Crippen LogP contribution is 2.24. The molecule has 0 bridgehead atoms. The molecule has 0 radical (unpaired) electrons. The van der Waals surface area contributed by atoms with Crippen LogP contribution in [0, 0.1) is 13.8 Å². The maximum atomic E-state index is 10.7. The van der Waals surface area contributed by atoms with Gasteiger partial charge in [-0.3, -0.25) is 4.79 Å². The van der Waals surface area contributed by atoms with Gasteiger partial charge in [-0.1, -0.05) is 13.0 Å². The van der Waals surface area contributed by atoms with Gasteiger partial charge in [0.2, 0.25) is 0 Å². The number of carbonyl (C=O) groups is 1. The van der Waals surface area contributed by atoms with Crippen LogP contribution < -0.4 is 4.74 Å². The van der Waals surface area contributed by atoms with Crippen molar-refractivity contribution in [2.24, 2.45) is 0 Å². The van der Waals surface area contributed by atoms with E-state index >= 15 is 0 Å². The van der Waals surface area contributed by atoms with Crippen molar-refractivity contribution < 1.29 is 14.6 Å². The van der Waals surface area contributed by atoms with Crippen molar-refractivity contribution in [1.82, 2.24) is 0 Å². The summed E-state index contributed by atoms with van der Waals surface area (Å²) < 4.78 is 5.56. The van der Waals surface area contributed by atoms with E-state index < -0.39 is 5.97 Å². The molecule has 0 atom stereocenters. The smallest absolute Gasteiger partial charge is 0.307 e. The first-order valence-corrected chi connectivity index (χ1v) is 5.49. The fourth-order valence-electron chi connectivity index (χ4n) is 1.50. The van der Waals surface area contributed by atoms with Crippen molar-refractivity contribution >= 4 is 5.97 Å². The molecule has 1 aromatic rings. The monoisotopic (exact) mass is 222 g/mol. The summed E-state index contributed by atoms with van der Waals surface area (Å²) in [6.45, 7) is 6.62. The quantitative estimate of drug-likeness (QED) is 0.833. The fourth-order valence-corrected chi connectivity index (χ4v) is 1.50. The Labute approximate surface area is 96.1 Å². The molecule has 0 heterocycles. The summed E-state index contributed by atoms with van der Waals surface area (Å²) in [4.78, 5) is 10.7. The minimum atomic E-state index is -0.829. The lowest BCUT2D eigenvalue weighted by Crippen LogP contribution is -2.05. The minimum Gasteiger partial charge on any atom is -0.493 e. The fraction of sp³-hybridized carbons (Fsp3) is 0.462. The third-order valence-corrected chi connectivity index (χ3v) is 2.48. The molecular formula is C13H18O3. The average molecular weight is 222 g/mol. The number of carboxylic acids is 1. The Balaban J connectivity index is 3.01. The van der Waals surface area contributed by atoms with E-state index in [9.17, 15) is 4.79 Å². The summed E-state index contributed by atoms with van der Waals surface area (Å²) in [5.74, 6) is -0.128. The van der Waals surface area contributed by atoms with Gasteiger partial charge in [0.1, 0.15) is 5.75 Å². The van der Waals surface area contributed by atoms with Gasteiger partial charge in [-0.25, -0.2) is 0 Å². The number of hydrogen-bond donors (Lipinski definition) is 1. The Morgan fingerprint density at radius 2 is 1.94 bits per heavy atom. The molecule has 3 nitrogen and oxygen atoms in total. The van der Waals surface area contributed by atoms with Gasteiger partial charge < -0.3 is 9.84 Å². The number of ether oxygens (including phenoxy) is 1. The molecule has 0 saturated heterocycles. The first-order chi connectivity index (χ1) is 7.54. The molecular weight excluding hydrogens is 204 g/mol. The largest absolute Gasteiger partial charge is 0.493 e. The van der Waals surface area contributed by atoms with Gasteiger partial charge in [-0.15, -0.1) is 0 Å². The summed E-state index contributed by atoms with van der Waals surface area (Å²) in [5, 5.41) is 8.82. The third-order valence-electron chi connectivity index (χ3n) is 2.48. The highest BCUT2D eigenvalue weighted by molar-refractivity contribution is 5.71. The molecule has 0 fully saturated rings. The van der Waals surface area contributed by atoms with E-state index in [4.69, 9.17) is 9.84 Å². The van der Waals surface area contributed by atoms with Gasteiger partial charge in [0.05, 0.1) is 13.0 Å². The lowest BCUT2D eigenvalue weighted by molar-refractivity contribution is -0.136. The molecule has 0 aliphatic rings. The van der Waals surface area contributed by atoms with E-state index in [1.165, 1.54) is 0 Å². The molecule has 0 unspecified atom stereocenters. The van der Waals surface area contributed by atoms with Crippen LogP contribution >= 0.6 is 0 Å².